The first-order valence-electron chi connectivity index (χ1n) is 5.49. The number of carbonyl (C=O) groups excluding carboxylic acids is 1. The topological polar surface area (TPSA) is 33.2 Å². The number of aromatic nitrogens is 1. The fourth-order valence-electron chi connectivity index (χ4n) is 1.96. The van der Waals surface area contributed by atoms with Gasteiger partial charge in [-0.2, -0.15) is 0 Å². The highest BCUT2D eigenvalue weighted by molar-refractivity contribution is 5.95. The molecule has 1 aliphatic rings. The van der Waals surface area contributed by atoms with Gasteiger partial charge in [-0.25, -0.2) is 0 Å². The minimum atomic E-state index is 0.139. The average molecular weight is 204 g/mol. The van der Waals surface area contributed by atoms with E-state index in [-0.39, 0.29) is 5.91 Å². The Morgan fingerprint density at radius 2 is 2.07 bits per heavy atom. The van der Waals surface area contributed by atoms with Gasteiger partial charge in [0.2, 0.25) is 0 Å². The Bertz CT molecular complexity index is 356. The summed E-state index contributed by atoms with van der Waals surface area (Å²) < 4.78 is 0. The molecule has 0 radical (unpaired) electrons. The van der Waals surface area contributed by atoms with E-state index in [0.717, 1.165) is 37.1 Å². The lowest BCUT2D eigenvalue weighted by atomic mass is 10.1. The third kappa shape index (κ3) is 2.17. The van der Waals surface area contributed by atoms with Crippen LogP contribution in [-0.4, -0.2) is 28.9 Å². The van der Waals surface area contributed by atoms with E-state index in [0.29, 0.717) is 0 Å². The molecule has 1 saturated heterocycles. The molecule has 15 heavy (non-hydrogen) atoms. The maximum atomic E-state index is 12.1. The van der Waals surface area contributed by atoms with Crippen molar-refractivity contribution in [3.05, 3.63) is 29.6 Å². The van der Waals surface area contributed by atoms with Crippen LogP contribution in [0.1, 0.15) is 35.2 Å². The zero-order valence-electron chi connectivity index (χ0n) is 9.07. The molecule has 1 aliphatic heterocycles. The van der Waals surface area contributed by atoms with Crippen LogP contribution in [0.5, 0.6) is 0 Å². The SMILES string of the molecule is Cc1ccncc1C(=O)N1CCCCC1. The molecule has 1 aromatic heterocycles. The van der Waals surface area contributed by atoms with Crippen molar-refractivity contribution in [3.8, 4) is 0 Å². The van der Waals surface area contributed by atoms with Gasteiger partial charge in [0.05, 0.1) is 5.56 Å². The van der Waals surface area contributed by atoms with Crippen LogP contribution >= 0.6 is 0 Å². The summed E-state index contributed by atoms with van der Waals surface area (Å²) >= 11 is 0. The molecule has 0 atom stereocenters. The monoisotopic (exact) mass is 204 g/mol. The van der Waals surface area contributed by atoms with Crippen LogP contribution in [0.3, 0.4) is 0 Å². The molecule has 0 unspecified atom stereocenters. The molecule has 3 nitrogen and oxygen atoms in total. The van der Waals surface area contributed by atoms with Crippen LogP contribution in [0, 0.1) is 6.92 Å². The van der Waals surface area contributed by atoms with Gasteiger partial charge < -0.3 is 4.90 Å². The zero-order valence-corrected chi connectivity index (χ0v) is 9.07. The summed E-state index contributed by atoms with van der Waals surface area (Å²) in [4.78, 5) is 18.1. The van der Waals surface area contributed by atoms with Crippen molar-refractivity contribution in [1.82, 2.24) is 9.88 Å². The molecule has 3 heteroatoms. The second-order valence-electron chi connectivity index (χ2n) is 4.04. The molecule has 0 N–H and O–H groups in total. The highest BCUT2D eigenvalue weighted by atomic mass is 16.2. The molecule has 2 heterocycles. The number of amides is 1. The third-order valence-electron chi connectivity index (χ3n) is 2.91. The van der Waals surface area contributed by atoms with Gasteiger partial charge in [-0.1, -0.05) is 0 Å². The van der Waals surface area contributed by atoms with Gasteiger partial charge in [-0.3, -0.25) is 9.78 Å². The number of pyridine rings is 1. The van der Waals surface area contributed by atoms with Crippen LogP contribution in [0.4, 0.5) is 0 Å². The summed E-state index contributed by atoms with van der Waals surface area (Å²) in [5.41, 5.74) is 1.76. The van der Waals surface area contributed by atoms with Crippen molar-refractivity contribution in [2.45, 2.75) is 26.2 Å². The maximum Gasteiger partial charge on any atom is 0.255 e. The van der Waals surface area contributed by atoms with Crippen LogP contribution < -0.4 is 0 Å². The number of carbonyl (C=O) groups is 1. The van der Waals surface area contributed by atoms with E-state index < -0.39 is 0 Å². The van der Waals surface area contributed by atoms with Gasteiger partial charge in [-0.15, -0.1) is 0 Å². The normalized spacial score (nSPS) is 16.5. The summed E-state index contributed by atoms with van der Waals surface area (Å²) in [6, 6.07) is 1.89. The molecular weight excluding hydrogens is 188 g/mol. The smallest absolute Gasteiger partial charge is 0.255 e. The number of hydrogen-bond acceptors (Lipinski definition) is 2. The van der Waals surface area contributed by atoms with Crippen molar-refractivity contribution >= 4 is 5.91 Å². The van der Waals surface area contributed by atoms with E-state index in [2.05, 4.69) is 4.98 Å². The molecule has 0 aromatic carbocycles. The minimum Gasteiger partial charge on any atom is -0.339 e. The Labute approximate surface area is 90.1 Å². The van der Waals surface area contributed by atoms with E-state index in [1.807, 2.05) is 17.9 Å². The van der Waals surface area contributed by atoms with Crippen molar-refractivity contribution < 1.29 is 4.79 Å². The van der Waals surface area contributed by atoms with Crippen molar-refractivity contribution in [1.29, 1.82) is 0 Å². The zero-order chi connectivity index (χ0) is 10.7. The van der Waals surface area contributed by atoms with Gasteiger partial charge in [-0.05, 0) is 37.8 Å². The second kappa shape index (κ2) is 4.43. The summed E-state index contributed by atoms with van der Waals surface area (Å²) in [7, 11) is 0. The largest absolute Gasteiger partial charge is 0.339 e. The average Bonchev–Trinajstić information content (AvgIpc) is 2.30. The Morgan fingerprint density at radius 1 is 1.33 bits per heavy atom. The third-order valence-corrected chi connectivity index (χ3v) is 2.91. The molecule has 1 fully saturated rings. The highest BCUT2D eigenvalue weighted by Crippen LogP contribution is 2.14. The van der Waals surface area contributed by atoms with Gasteiger partial charge in [0, 0.05) is 25.5 Å². The minimum absolute atomic E-state index is 0.139. The highest BCUT2D eigenvalue weighted by Gasteiger charge is 2.19. The van der Waals surface area contributed by atoms with Gasteiger partial charge >= 0.3 is 0 Å². The number of piperidine rings is 1. The Balaban J connectivity index is 2.16. The predicted molar refractivity (Wildman–Crippen MR) is 58.7 cm³/mol. The Morgan fingerprint density at radius 3 is 2.73 bits per heavy atom. The molecular formula is C12H16N2O. The van der Waals surface area contributed by atoms with Gasteiger partial charge in [0.25, 0.3) is 5.91 Å². The van der Waals surface area contributed by atoms with Crippen LogP contribution in [-0.2, 0) is 0 Å². The van der Waals surface area contributed by atoms with Gasteiger partial charge in [0.1, 0.15) is 0 Å². The first kappa shape index (κ1) is 10.1. The number of nitrogens with zero attached hydrogens (tertiary/aromatic N) is 2. The van der Waals surface area contributed by atoms with E-state index in [9.17, 15) is 4.79 Å². The number of rotatable bonds is 1. The van der Waals surface area contributed by atoms with Crippen molar-refractivity contribution in [2.24, 2.45) is 0 Å². The molecule has 0 aliphatic carbocycles. The lowest BCUT2D eigenvalue weighted by Crippen LogP contribution is -2.36. The van der Waals surface area contributed by atoms with E-state index in [4.69, 9.17) is 0 Å². The molecule has 0 saturated carbocycles. The first-order chi connectivity index (χ1) is 7.29. The Hall–Kier alpha value is -1.38. The number of hydrogen-bond donors (Lipinski definition) is 0. The first-order valence-corrected chi connectivity index (χ1v) is 5.49. The lowest BCUT2D eigenvalue weighted by Gasteiger charge is -2.27. The molecule has 1 aromatic rings. The Kier molecular flexibility index (Phi) is 2.99. The van der Waals surface area contributed by atoms with Crippen molar-refractivity contribution in [3.63, 3.8) is 0 Å². The van der Waals surface area contributed by atoms with Crippen LogP contribution in [0.2, 0.25) is 0 Å². The van der Waals surface area contributed by atoms with E-state index in [1.54, 1.807) is 12.4 Å². The fourth-order valence-corrected chi connectivity index (χ4v) is 1.96. The summed E-state index contributed by atoms with van der Waals surface area (Å²) in [5.74, 6) is 0.139. The summed E-state index contributed by atoms with van der Waals surface area (Å²) in [5, 5.41) is 0. The van der Waals surface area contributed by atoms with E-state index >= 15 is 0 Å². The second-order valence-corrected chi connectivity index (χ2v) is 4.04. The molecule has 0 bridgehead atoms. The quantitative estimate of drug-likeness (QED) is 0.701. The standard InChI is InChI=1S/C12H16N2O/c1-10-5-6-13-9-11(10)12(15)14-7-3-2-4-8-14/h5-6,9H,2-4,7-8H2,1H3. The van der Waals surface area contributed by atoms with Crippen LogP contribution in [0.25, 0.3) is 0 Å². The summed E-state index contributed by atoms with van der Waals surface area (Å²) in [6.45, 7) is 3.75. The molecule has 2 rings (SSSR count). The lowest BCUT2D eigenvalue weighted by molar-refractivity contribution is 0.0723. The molecule has 0 spiro atoms. The predicted octanol–water partition coefficient (Wildman–Crippen LogP) is 2.02. The van der Waals surface area contributed by atoms with Crippen molar-refractivity contribution in [2.75, 3.05) is 13.1 Å². The molecule has 1 amide bonds. The van der Waals surface area contributed by atoms with Crippen LogP contribution in [0.15, 0.2) is 18.5 Å². The maximum absolute atomic E-state index is 12.1. The van der Waals surface area contributed by atoms with E-state index in [1.165, 1.54) is 6.42 Å². The summed E-state index contributed by atoms with van der Waals surface area (Å²) in [6.07, 6.45) is 6.90. The fraction of sp³-hybridized carbons (Fsp3) is 0.500. The molecule has 80 valence electrons. The van der Waals surface area contributed by atoms with Gasteiger partial charge in [0.15, 0.2) is 0 Å². The number of likely N-dealkylation sites (tertiary alicyclic amines) is 1. The number of aryl methyl sites for hydroxylation is 1.